The number of aliphatic hydroxyl groups excluding tert-OH is 3. The maximum Gasteiger partial charge on any atom is 0.411 e. The predicted molar refractivity (Wildman–Crippen MR) is 343 cm³/mol. The van der Waals surface area contributed by atoms with Gasteiger partial charge in [0.1, 0.15) is 42.4 Å². The van der Waals surface area contributed by atoms with E-state index in [9.17, 15) is 63.9 Å². The van der Waals surface area contributed by atoms with E-state index in [2.05, 4.69) is 36.9 Å². The topological polar surface area (TPSA) is 363 Å². The number of benzene rings is 4. The second-order valence-corrected chi connectivity index (χ2v) is 25.3. The van der Waals surface area contributed by atoms with Crippen molar-refractivity contribution in [3.8, 4) is 28.3 Å². The van der Waals surface area contributed by atoms with Crippen molar-refractivity contribution in [3.05, 3.63) is 125 Å². The zero-order chi connectivity index (χ0) is 68.2. The minimum Gasteiger partial charge on any atom is -0.479 e. The zero-order valence-corrected chi connectivity index (χ0v) is 54.3. The van der Waals surface area contributed by atoms with E-state index in [1.807, 2.05) is 104 Å². The molecule has 5 aromatic rings. The van der Waals surface area contributed by atoms with Gasteiger partial charge in [0.05, 0.1) is 30.0 Å². The molecule has 3 heterocycles. The van der Waals surface area contributed by atoms with Crippen LogP contribution in [0.3, 0.4) is 0 Å². The molecule has 0 aliphatic carbocycles. The molecule has 1 aromatic heterocycles. The third-order valence-electron chi connectivity index (χ3n) is 16.7. The monoisotopic (exact) mass is 1290 g/mol. The summed E-state index contributed by atoms with van der Waals surface area (Å²) in [5, 5.41) is 73.8. The van der Waals surface area contributed by atoms with E-state index in [1.54, 1.807) is 47.9 Å². The van der Waals surface area contributed by atoms with Gasteiger partial charge in [-0.05, 0) is 85.2 Å². The summed E-state index contributed by atoms with van der Waals surface area (Å²) in [5.41, 5.74) is 4.72. The van der Waals surface area contributed by atoms with Crippen LogP contribution in [0, 0.1) is 11.3 Å². The number of aliphatic hydroxyl groups is 3. The molecule has 1 fully saturated rings. The molecule has 8 unspecified atom stereocenters. The lowest BCUT2D eigenvalue weighted by molar-refractivity contribution is -0.271. The highest BCUT2D eigenvalue weighted by Gasteiger charge is 2.48. The van der Waals surface area contributed by atoms with Gasteiger partial charge in [0.15, 0.2) is 6.10 Å². The Morgan fingerprint density at radius 1 is 0.806 bits per heavy atom. The number of aryl methyl sites for hydroxylation is 1. The van der Waals surface area contributed by atoms with Gasteiger partial charge >= 0.3 is 18.0 Å². The van der Waals surface area contributed by atoms with E-state index < -0.39 is 95.4 Å². The standard InChI is InChI=1S/C67H86N10O16/c1-37(2)47(31-38(3)62(86)87)75(10)61(85)59(66(4,5)6)72-60(84)58(68-9)67(7,8)42-20-18-21-43(33-42)71-65(90)91-36-39-27-28-48(92-64-56(83)54(81)55(82)57(93-64)63(88)89)41(32-39)34-70-50(79)29-30-69-49(78)25-16-17-26-51(80)77-35-40-19-12-13-22-44(40)52-53(76(11)74-73-52)45-23-14-15-24-46(45)77/h12-15,18-24,27-28,31-33,37,47,54-59,64,68,81-83H,16-17,25-26,29-30,34-36H2,1-11H3,(H,69,78)(H,70,79)(H,71,90)(H,72,84)(H,86,87)(H,88,89)/b38-31+. The average molecular weight is 1290 g/mol. The van der Waals surface area contributed by atoms with Gasteiger partial charge in [-0.15, -0.1) is 5.10 Å². The number of aliphatic carboxylic acids is 2. The molecular formula is C67H86N10O16. The lowest BCUT2D eigenvalue weighted by Crippen LogP contribution is -2.61. The van der Waals surface area contributed by atoms with E-state index in [4.69, 9.17) is 14.2 Å². The number of hydrogen-bond donors (Lipinski definition) is 10. The molecule has 0 saturated carbocycles. The number of ether oxygens (including phenoxy) is 3. The van der Waals surface area contributed by atoms with Gasteiger partial charge in [0, 0.05) is 79.8 Å². The molecule has 1 saturated heterocycles. The molecule has 0 radical (unpaired) electrons. The Kier molecular flexibility index (Phi) is 23.8. The summed E-state index contributed by atoms with van der Waals surface area (Å²) in [6.45, 7) is 14.0. The van der Waals surface area contributed by atoms with Gasteiger partial charge in [-0.1, -0.05) is 120 Å². The minimum atomic E-state index is -1.99. The molecule has 2 aliphatic heterocycles. The van der Waals surface area contributed by atoms with Gasteiger partial charge in [-0.3, -0.25) is 29.3 Å². The van der Waals surface area contributed by atoms with E-state index in [0.717, 1.165) is 33.8 Å². The Bertz CT molecular complexity index is 3580. The highest BCUT2D eigenvalue weighted by molar-refractivity contribution is 6.00. The number of unbranched alkanes of at least 4 members (excludes halogenated alkanes) is 1. The number of carboxylic acids is 2. The fourth-order valence-electron chi connectivity index (χ4n) is 11.3. The summed E-state index contributed by atoms with van der Waals surface area (Å²) in [6, 6.07) is 24.0. The van der Waals surface area contributed by atoms with Crippen LogP contribution in [-0.2, 0) is 75.2 Å². The number of likely N-dealkylation sites (N-methyl/N-ethyl adjacent to an activating group) is 2. The Hall–Kier alpha value is -9.08. The van der Waals surface area contributed by atoms with Crippen molar-refractivity contribution in [3.63, 3.8) is 0 Å². The highest BCUT2D eigenvalue weighted by Crippen LogP contribution is 2.41. The summed E-state index contributed by atoms with van der Waals surface area (Å²) in [7, 11) is 5.01. The highest BCUT2D eigenvalue weighted by atomic mass is 16.7. The molecule has 7 rings (SSSR count). The number of anilines is 2. The van der Waals surface area contributed by atoms with E-state index in [0.29, 0.717) is 36.2 Å². The Morgan fingerprint density at radius 3 is 2.16 bits per heavy atom. The van der Waals surface area contributed by atoms with Crippen LogP contribution >= 0.6 is 0 Å². The number of nitrogens with zero attached hydrogens (tertiary/aromatic N) is 5. The number of carbonyl (C=O) groups excluding carboxylic acids is 6. The first-order chi connectivity index (χ1) is 43.9. The number of hydrogen-bond acceptors (Lipinski definition) is 17. The van der Waals surface area contributed by atoms with Crippen molar-refractivity contribution in [1.29, 1.82) is 0 Å². The predicted octanol–water partition coefficient (Wildman–Crippen LogP) is 5.31. The van der Waals surface area contributed by atoms with Crippen molar-refractivity contribution < 1.29 is 78.1 Å². The zero-order valence-electron chi connectivity index (χ0n) is 54.3. The number of para-hydroxylation sites is 1. The van der Waals surface area contributed by atoms with Crippen LogP contribution in [0.15, 0.2) is 103 Å². The molecule has 26 nitrogen and oxygen atoms in total. The molecular weight excluding hydrogens is 1200 g/mol. The van der Waals surface area contributed by atoms with Crippen LogP contribution in [0.4, 0.5) is 16.2 Å². The van der Waals surface area contributed by atoms with Crippen molar-refractivity contribution in [2.24, 2.45) is 18.4 Å². The lowest BCUT2D eigenvalue weighted by atomic mass is 9.76. The second kappa shape index (κ2) is 31.0. The van der Waals surface area contributed by atoms with Gasteiger partial charge in [-0.2, -0.15) is 0 Å². The number of carbonyl (C=O) groups is 8. The van der Waals surface area contributed by atoms with Gasteiger partial charge in [0.2, 0.25) is 35.8 Å². The van der Waals surface area contributed by atoms with Crippen molar-refractivity contribution >= 4 is 58.9 Å². The minimum absolute atomic E-state index is 0.0372. The third-order valence-corrected chi connectivity index (χ3v) is 16.7. The van der Waals surface area contributed by atoms with Crippen molar-refractivity contribution in [1.82, 2.24) is 41.2 Å². The average Bonchev–Trinajstić information content (AvgIpc) is 1.72. The van der Waals surface area contributed by atoms with Crippen LogP contribution in [0.25, 0.3) is 22.5 Å². The quantitative estimate of drug-likeness (QED) is 0.0248. The summed E-state index contributed by atoms with van der Waals surface area (Å²) < 4.78 is 18.6. The molecule has 2 aliphatic rings. The van der Waals surface area contributed by atoms with E-state index in [-0.39, 0.29) is 73.6 Å². The molecule has 26 heteroatoms. The first kappa shape index (κ1) is 71.4. The maximum atomic E-state index is 14.3. The number of carboxylic acid groups (broad SMARTS) is 2. The Morgan fingerprint density at radius 2 is 1.48 bits per heavy atom. The van der Waals surface area contributed by atoms with E-state index >= 15 is 0 Å². The summed E-state index contributed by atoms with van der Waals surface area (Å²) in [4.78, 5) is 109. The molecule has 0 spiro atoms. The molecule has 10 N–H and O–H groups in total. The fourth-order valence-corrected chi connectivity index (χ4v) is 11.3. The number of aromatic nitrogens is 3. The molecule has 8 atom stereocenters. The molecule has 93 heavy (non-hydrogen) atoms. The largest absolute Gasteiger partial charge is 0.479 e. The summed E-state index contributed by atoms with van der Waals surface area (Å²) >= 11 is 0. The lowest BCUT2D eigenvalue weighted by Gasteiger charge is -2.40. The smallest absolute Gasteiger partial charge is 0.411 e. The fraction of sp³-hybridized carbons (Fsp3) is 0.463. The van der Waals surface area contributed by atoms with E-state index in [1.165, 1.54) is 36.1 Å². The first-order valence-electron chi connectivity index (χ1n) is 30.8. The number of rotatable bonds is 26. The molecule has 500 valence electrons. The normalized spacial score (nSPS) is 18.2. The Balaban J connectivity index is 0.951. The first-order valence-corrected chi connectivity index (χ1v) is 30.8. The summed E-state index contributed by atoms with van der Waals surface area (Å²) in [6.07, 6.45) is -8.09. The SMILES string of the molecule is CNC(C(=O)NC(C(=O)N(C)C(/C=C(\C)C(=O)O)C(C)C)C(C)(C)C)C(C)(C)c1cccc(NC(=O)OCc2ccc(OC3OC(C(=O)O)C(O)C(O)C3O)c(CNC(=O)CCNC(=O)CCCCC(=O)N3Cc4ccccc4-c4nnn(C)c4-c4ccccc43)c2)c1. The molecule has 6 amide bonds. The van der Waals surface area contributed by atoms with Crippen LogP contribution in [0.5, 0.6) is 5.75 Å². The molecule has 0 bridgehead atoms. The van der Waals surface area contributed by atoms with Gasteiger partial charge < -0.3 is 70.8 Å². The van der Waals surface area contributed by atoms with Gasteiger partial charge in [0.25, 0.3) is 0 Å². The molecule has 4 aromatic carbocycles. The van der Waals surface area contributed by atoms with Gasteiger partial charge in [-0.25, -0.2) is 19.1 Å². The van der Waals surface area contributed by atoms with Crippen molar-refractivity contribution in [2.45, 2.75) is 161 Å². The number of nitrogens with one attached hydrogen (secondary N) is 5. The van der Waals surface area contributed by atoms with Crippen LogP contribution in [-0.4, -0.2) is 162 Å². The van der Waals surface area contributed by atoms with Crippen LogP contribution < -0.4 is 36.2 Å². The maximum absolute atomic E-state index is 14.3. The summed E-state index contributed by atoms with van der Waals surface area (Å²) in [5.74, 6) is -4.78. The number of fused-ring (bicyclic) bond motifs is 5. The third kappa shape index (κ3) is 17.5. The van der Waals surface area contributed by atoms with Crippen molar-refractivity contribution in [2.75, 3.05) is 30.9 Å². The van der Waals surface area contributed by atoms with Crippen LogP contribution in [0.1, 0.15) is 110 Å². The van der Waals surface area contributed by atoms with Crippen LogP contribution in [0.2, 0.25) is 0 Å². The Labute approximate surface area is 540 Å². The second-order valence-electron chi connectivity index (χ2n) is 25.3. The number of amides is 6.